The summed E-state index contributed by atoms with van der Waals surface area (Å²) in [6.45, 7) is 2.17. The first kappa shape index (κ1) is 21.8. The summed E-state index contributed by atoms with van der Waals surface area (Å²) in [5.41, 5.74) is 2.75. The maximum absolute atomic E-state index is 12.9. The van der Waals surface area contributed by atoms with Crippen LogP contribution in [0.4, 0.5) is 9.93 Å². The van der Waals surface area contributed by atoms with Gasteiger partial charge in [-0.25, -0.2) is 14.8 Å². The van der Waals surface area contributed by atoms with Gasteiger partial charge in [0.15, 0.2) is 5.13 Å². The number of urea groups is 1. The topological polar surface area (TPSA) is 114 Å². The highest BCUT2D eigenvalue weighted by atomic mass is 32.1. The summed E-state index contributed by atoms with van der Waals surface area (Å²) >= 11 is 1.39. The van der Waals surface area contributed by atoms with Crippen LogP contribution in [0.15, 0.2) is 12.3 Å². The molecule has 0 unspecified atom stereocenters. The number of nitrogens with zero attached hydrogens (tertiary/aromatic N) is 4. The molecule has 2 saturated heterocycles. The van der Waals surface area contributed by atoms with Crippen LogP contribution < -0.4 is 10.1 Å². The average Bonchev–Trinajstić information content (AvgIpc) is 3.41. The highest BCUT2D eigenvalue weighted by Gasteiger charge is 2.37. The smallest absolute Gasteiger partial charge is 0.323 e. The van der Waals surface area contributed by atoms with E-state index in [1.165, 1.54) is 16.2 Å². The number of hydrogen-bond acceptors (Lipinski definition) is 8. The van der Waals surface area contributed by atoms with Crippen molar-refractivity contribution in [2.45, 2.75) is 38.1 Å². The summed E-state index contributed by atoms with van der Waals surface area (Å²) in [5.74, 6) is 0.213. The fourth-order valence-electron chi connectivity index (χ4n) is 4.59. The zero-order valence-electron chi connectivity index (χ0n) is 18.3. The molecule has 33 heavy (non-hydrogen) atoms. The lowest BCUT2D eigenvalue weighted by molar-refractivity contribution is -0.141. The van der Waals surface area contributed by atoms with Gasteiger partial charge in [-0.3, -0.25) is 19.8 Å². The number of ether oxygens (including phenoxy) is 2. The fraction of sp³-hybridized carbons (Fsp3) is 0.500. The van der Waals surface area contributed by atoms with Crippen molar-refractivity contribution in [3.05, 3.63) is 17.8 Å². The summed E-state index contributed by atoms with van der Waals surface area (Å²) in [6.07, 6.45) is 6.38. The van der Waals surface area contributed by atoms with Gasteiger partial charge < -0.3 is 14.4 Å². The molecule has 0 saturated carbocycles. The van der Waals surface area contributed by atoms with Crippen molar-refractivity contribution in [3.63, 3.8) is 0 Å². The standard InChI is InChI=1S/C22H25N5O5S/c1-31-20-18-19(15(12-23-20)13-6-10-32-11-7-13)33-21(24-18)25-22(30)26-8-4-14(5-9-26)27-16(28)2-3-17(27)29/h6,12,14H,2-5,7-11H2,1H3,(H,24,25,30). The molecule has 4 amide bonds. The Morgan fingerprint density at radius 2 is 1.97 bits per heavy atom. The highest BCUT2D eigenvalue weighted by Crippen LogP contribution is 2.38. The number of amides is 4. The van der Waals surface area contributed by atoms with Crippen LogP contribution in [0.1, 0.15) is 37.7 Å². The largest absolute Gasteiger partial charge is 0.479 e. The molecule has 2 fully saturated rings. The second-order valence-corrected chi connectivity index (χ2v) is 9.24. The maximum Gasteiger partial charge on any atom is 0.323 e. The Kier molecular flexibility index (Phi) is 5.98. The zero-order chi connectivity index (χ0) is 22.9. The van der Waals surface area contributed by atoms with E-state index in [4.69, 9.17) is 9.47 Å². The van der Waals surface area contributed by atoms with Crippen LogP contribution in [-0.4, -0.2) is 77.1 Å². The molecule has 5 heterocycles. The number of rotatable bonds is 4. The number of carbonyl (C=O) groups excluding carboxylic acids is 3. The van der Waals surface area contributed by atoms with E-state index >= 15 is 0 Å². The van der Waals surface area contributed by atoms with E-state index in [1.807, 2.05) is 6.08 Å². The minimum Gasteiger partial charge on any atom is -0.479 e. The molecule has 0 aliphatic carbocycles. The number of carbonyl (C=O) groups is 3. The quantitative estimate of drug-likeness (QED) is 0.682. The second kappa shape index (κ2) is 9.06. The fourth-order valence-corrected chi connectivity index (χ4v) is 5.58. The molecule has 0 aromatic carbocycles. The van der Waals surface area contributed by atoms with Crippen molar-refractivity contribution in [1.29, 1.82) is 0 Å². The maximum atomic E-state index is 12.9. The number of imide groups is 1. The molecular weight excluding hydrogens is 446 g/mol. The lowest BCUT2D eigenvalue weighted by Gasteiger charge is -2.35. The van der Waals surface area contributed by atoms with Gasteiger partial charge >= 0.3 is 6.03 Å². The number of nitrogens with one attached hydrogen (secondary N) is 1. The van der Waals surface area contributed by atoms with Gasteiger partial charge in [0.2, 0.25) is 17.7 Å². The summed E-state index contributed by atoms with van der Waals surface area (Å²) in [5, 5.41) is 3.38. The molecule has 174 valence electrons. The number of likely N-dealkylation sites (tertiary alicyclic amines) is 2. The van der Waals surface area contributed by atoms with E-state index in [1.54, 1.807) is 18.2 Å². The van der Waals surface area contributed by atoms with E-state index in [0.29, 0.717) is 68.5 Å². The van der Waals surface area contributed by atoms with E-state index in [0.717, 1.165) is 22.3 Å². The average molecular weight is 472 g/mol. The lowest BCUT2D eigenvalue weighted by Crippen LogP contribution is -2.49. The molecule has 10 nitrogen and oxygen atoms in total. The monoisotopic (exact) mass is 471 g/mol. The second-order valence-electron chi connectivity index (χ2n) is 8.24. The first-order chi connectivity index (χ1) is 16.0. The van der Waals surface area contributed by atoms with Crippen LogP contribution in [-0.2, 0) is 14.3 Å². The zero-order valence-corrected chi connectivity index (χ0v) is 19.2. The van der Waals surface area contributed by atoms with Crippen molar-refractivity contribution in [2.75, 3.05) is 38.7 Å². The van der Waals surface area contributed by atoms with Gasteiger partial charge in [-0.05, 0) is 24.8 Å². The summed E-state index contributed by atoms with van der Waals surface area (Å²) < 4.78 is 11.7. The van der Waals surface area contributed by atoms with Gasteiger partial charge in [0, 0.05) is 43.7 Å². The molecule has 3 aliphatic heterocycles. The Bertz CT molecular complexity index is 1120. The normalized spacial score (nSPS) is 19.8. The first-order valence-electron chi connectivity index (χ1n) is 11.1. The Morgan fingerprint density at radius 3 is 2.64 bits per heavy atom. The number of hydrogen-bond donors (Lipinski definition) is 1. The highest BCUT2D eigenvalue weighted by molar-refractivity contribution is 7.22. The van der Waals surface area contributed by atoms with Crippen LogP contribution in [0, 0.1) is 0 Å². The van der Waals surface area contributed by atoms with Gasteiger partial charge in [-0.15, -0.1) is 0 Å². The first-order valence-corrected chi connectivity index (χ1v) is 11.9. The molecule has 0 spiro atoms. The van der Waals surface area contributed by atoms with Crippen molar-refractivity contribution in [2.24, 2.45) is 0 Å². The van der Waals surface area contributed by atoms with Crippen molar-refractivity contribution >= 4 is 50.1 Å². The Labute approximate surface area is 194 Å². The number of fused-ring (bicyclic) bond motifs is 1. The van der Waals surface area contributed by atoms with Crippen molar-refractivity contribution < 1.29 is 23.9 Å². The number of aromatic nitrogens is 2. The van der Waals surface area contributed by atoms with E-state index in [2.05, 4.69) is 15.3 Å². The van der Waals surface area contributed by atoms with Gasteiger partial charge in [-0.2, -0.15) is 0 Å². The van der Waals surface area contributed by atoms with E-state index in [-0.39, 0.29) is 23.9 Å². The Morgan fingerprint density at radius 1 is 1.21 bits per heavy atom. The van der Waals surface area contributed by atoms with Crippen LogP contribution in [0.25, 0.3) is 15.8 Å². The van der Waals surface area contributed by atoms with E-state index < -0.39 is 0 Å². The number of anilines is 1. The number of methoxy groups -OCH3 is 1. The molecule has 2 aromatic heterocycles. The molecule has 3 aliphatic rings. The molecule has 2 aromatic rings. The van der Waals surface area contributed by atoms with Crippen molar-refractivity contribution in [3.8, 4) is 5.88 Å². The SMILES string of the molecule is COc1ncc(C2=CCOCC2)c2sc(NC(=O)N3CCC(N4C(=O)CCC4=O)CC3)nc12. The third-order valence-corrected chi connectivity index (χ3v) is 7.31. The van der Waals surface area contributed by atoms with Gasteiger partial charge in [-0.1, -0.05) is 17.4 Å². The van der Waals surface area contributed by atoms with E-state index in [9.17, 15) is 14.4 Å². The predicted octanol–water partition coefficient (Wildman–Crippen LogP) is 2.65. The van der Waals surface area contributed by atoms with Gasteiger partial charge in [0.05, 0.1) is 25.0 Å². The third kappa shape index (κ3) is 4.18. The van der Waals surface area contributed by atoms with Crippen LogP contribution in [0.2, 0.25) is 0 Å². The van der Waals surface area contributed by atoms with Crippen LogP contribution in [0.3, 0.4) is 0 Å². The number of piperidine rings is 1. The number of pyridine rings is 1. The van der Waals surface area contributed by atoms with Crippen LogP contribution in [0.5, 0.6) is 5.88 Å². The van der Waals surface area contributed by atoms with Gasteiger partial charge in [0.1, 0.15) is 5.52 Å². The minimum atomic E-state index is -0.245. The predicted molar refractivity (Wildman–Crippen MR) is 122 cm³/mol. The molecule has 1 N–H and O–H groups in total. The summed E-state index contributed by atoms with van der Waals surface area (Å²) in [6, 6.07) is -0.366. The molecule has 0 radical (unpaired) electrons. The molecule has 0 atom stereocenters. The number of thiazole rings is 1. The molecule has 5 rings (SSSR count). The summed E-state index contributed by atoms with van der Waals surface area (Å²) in [7, 11) is 1.55. The molecular formula is C22H25N5O5S. The molecule has 11 heteroatoms. The Hall–Kier alpha value is -3.05. The van der Waals surface area contributed by atoms with Crippen LogP contribution >= 0.6 is 11.3 Å². The lowest BCUT2D eigenvalue weighted by atomic mass is 10.0. The minimum absolute atomic E-state index is 0.101. The summed E-state index contributed by atoms with van der Waals surface area (Å²) in [4.78, 5) is 49.0. The Balaban J connectivity index is 1.30. The molecule has 0 bridgehead atoms. The van der Waals surface area contributed by atoms with Crippen molar-refractivity contribution in [1.82, 2.24) is 19.8 Å². The third-order valence-electron chi connectivity index (χ3n) is 6.31. The van der Waals surface area contributed by atoms with Gasteiger partial charge in [0.25, 0.3) is 0 Å².